The van der Waals surface area contributed by atoms with Crippen LogP contribution in [-0.2, 0) is 18.2 Å². The Bertz CT molecular complexity index is 1010. The molecule has 0 aromatic carbocycles. The highest BCUT2D eigenvalue weighted by Crippen LogP contribution is 2.27. The van der Waals surface area contributed by atoms with Crippen LogP contribution in [0, 0.1) is 5.92 Å². The Kier molecular flexibility index (Phi) is 5.02. The molecule has 0 spiro atoms. The number of nitrogens with zero attached hydrogens (tertiary/aromatic N) is 5. The van der Waals surface area contributed by atoms with Crippen molar-refractivity contribution in [3.05, 3.63) is 30.4 Å². The summed E-state index contributed by atoms with van der Waals surface area (Å²) in [5, 5.41) is 5.27. The number of carbonyl (C=O) groups is 1. The molecular weight excluding hydrogens is 370 g/mol. The van der Waals surface area contributed by atoms with Crippen LogP contribution in [-0.4, -0.2) is 49.4 Å². The maximum absolute atomic E-state index is 12.2. The van der Waals surface area contributed by atoms with E-state index in [1.54, 1.807) is 11.1 Å². The lowest BCUT2D eigenvalue weighted by molar-refractivity contribution is 0.0183. The molecule has 0 N–H and O–H groups in total. The van der Waals surface area contributed by atoms with Crippen molar-refractivity contribution in [2.24, 2.45) is 13.0 Å². The van der Waals surface area contributed by atoms with Crippen LogP contribution >= 0.6 is 0 Å². The molecule has 154 valence electrons. The number of piperidine rings is 1. The summed E-state index contributed by atoms with van der Waals surface area (Å²) in [7, 11) is 1.97. The van der Waals surface area contributed by atoms with Gasteiger partial charge in [0.25, 0.3) is 5.89 Å². The van der Waals surface area contributed by atoms with E-state index in [1.165, 1.54) is 0 Å². The molecule has 0 aliphatic carbocycles. The van der Waals surface area contributed by atoms with Crippen molar-refractivity contribution in [1.29, 1.82) is 0 Å². The monoisotopic (exact) mass is 397 g/mol. The van der Waals surface area contributed by atoms with E-state index in [2.05, 4.69) is 15.1 Å². The van der Waals surface area contributed by atoms with Crippen LogP contribution in [0.5, 0.6) is 0 Å². The van der Waals surface area contributed by atoms with Crippen molar-refractivity contribution in [3.8, 4) is 11.6 Å². The highest BCUT2D eigenvalue weighted by Gasteiger charge is 2.28. The number of rotatable bonds is 3. The summed E-state index contributed by atoms with van der Waals surface area (Å²) in [4.78, 5) is 22.8. The van der Waals surface area contributed by atoms with Crippen LogP contribution in [0.15, 0.2) is 29.0 Å². The van der Waals surface area contributed by atoms with Gasteiger partial charge in [0.2, 0.25) is 0 Å². The fraction of sp³-hybridized carbons (Fsp3) is 0.524. The zero-order chi connectivity index (χ0) is 20.6. The van der Waals surface area contributed by atoms with Gasteiger partial charge in [-0.15, -0.1) is 0 Å². The van der Waals surface area contributed by atoms with Crippen molar-refractivity contribution in [2.45, 2.75) is 45.6 Å². The number of fused-ring (bicyclic) bond motifs is 1. The molecule has 29 heavy (non-hydrogen) atoms. The summed E-state index contributed by atoms with van der Waals surface area (Å²) in [5.74, 6) is 1.65. The van der Waals surface area contributed by atoms with E-state index in [1.807, 2.05) is 50.7 Å². The van der Waals surface area contributed by atoms with Gasteiger partial charge in [-0.2, -0.15) is 4.98 Å². The van der Waals surface area contributed by atoms with Crippen LogP contribution in [0.2, 0.25) is 0 Å². The number of likely N-dealkylation sites (tertiary alicyclic amines) is 1. The zero-order valence-corrected chi connectivity index (χ0v) is 17.4. The number of ether oxygens (including phenoxy) is 1. The van der Waals surface area contributed by atoms with Crippen molar-refractivity contribution in [2.75, 3.05) is 13.1 Å². The minimum Gasteiger partial charge on any atom is -0.444 e. The lowest BCUT2D eigenvalue weighted by Gasteiger charge is -2.33. The first-order valence-corrected chi connectivity index (χ1v) is 10.0. The minimum absolute atomic E-state index is 0.233. The Morgan fingerprint density at radius 3 is 2.76 bits per heavy atom. The third-order valence-electron chi connectivity index (χ3n) is 5.27. The third-order valence-corrected chi connectivity index (χ3v) is 5.27. The number of carbonyl (C=O) groups excluding carboxylic acids is 1. The fourth-order valence-electron chi connectivity index (χ4n) is 3.72. The lowest BCUT2D eigenvalue weighted by Crippen LogP contribution is -2.42. The second kappa shape index (κ2) is 7.50. The molecule has 1 amide bonds. The van der Waals surface area contributed by atoms with Gasteiger partial charge in [0, 0.05) is 38.1 Å². The predicted octanol–water partition coefficient (Wildman–Crippen LogP) is 3.81. The summed E-state index contributed by atoms with van der Waals surface area (Å²) in [6.45, 7) is 7.05. The van der Waals surface area contributed by atoms with Gasteiger partial charge < -0.3 is 18.7 Å². The molecule has 4 heterocycles. The van der Waals surface area contributed by atoms with Gasteiger partial charge >= 0.3 is 6.09 Å². The Labute approximate surface area is 169 Å². The first-order chi connectivity index (χ1) is 13.8. The number of aryl methyl sites for hydroxylation is 1. The Balaban J connectivity index is 1.38. The largest absolute Gasteiger partial charge is 0.444 e. The molecule has 1 aliphatic rings. The van der Waals surface area contributed by atoms with Gasteiger partial charge in [0.15, 0.2) is 5.82 Å². The van der Waals surface area contributed by atoms with Crippen molar-refractivity contribution < 1.29 is 14.1 Å². The molecule has 1 aliphatic heterocycles. The molecule has 8 nitrogen and oxygen atoms in total. The third kappa shape index (κ3) is 4.26. The molecule has 3 aromatic rings. The van der Waals surface area contributed by atoms with Crippen LogP contribution in [0.4, 0.5) is 4.79 Å². The lowest BCUT2D eigenvalue weighted by atomic mass is 9.93. The van der Waals surface area contributed by atoms with Crippen molar-refractivity contribution in [3.63, 3.8) is 0 Å². The first kappa shape index (κ1) is 19.4. The predicted molar refractivity (Wildman–Crippen MR) is 108 cm³/mol. The highest BCUT2D eigenvalue weighted by atomic mass is 16.6. The van der Waals surface area contributed by atoms with Crippen LogP contribution in [0.25, 0.3) is 22.5 Å². The molecule has 1 fully saturated rings. The SMILES string of the molecule is Cn1c(-c2nc(CC3CCN(C(=O)OC(C)(C)C)CC3)no2)cc2ccncc21. The van der Waals surface area contributed by atoms with Crippen molar-refractivity contribution >= 4 is 17.0 Å². The van der Waals surface area contributed by atoms with Crippen LogP contribution in [0.3, 0.4) is 0 Å². The highest BCUT2D eigenvalue weighted by molar-refractivity contribution is 5.84. The van der Waals surface area contributed by atoms with E-state index in [9.17, 15) is 4.79 Å². The molecule has 1 saturated heterocycles. The minimum atomic E-state index is -0.466. The van der Waals surface area contributed by atoms with Gasteiger partial charge in [0.05, 0.1) is 11.7 Å². The molecular formula is C21H27N5O3. The summed E-state index contributed by atoms with van der Waals surface area (Å²) >= 11 is 0. The molecule has 4 rings (SSSR count). The summed E-state index contributed by atoms with van der Waals surface area (Å²) < 4.78 is 13.0. The molecule has 8 heteroatoms. The van der Waals surface area contributed by atoms with E-state index in [-0.39, 0.29) is 6.09 Å². The molecule has 0 radical (unpaired) electrons. The summed E-state index contributed by atoms with van der Waals surface area (Å²) in [6.07, 6.45) is 5.93. The van der Waals surface area contributed by atoms with Gasteiger partial charge in [-0.3, -0.25) is 4.98 Å². The van der Waals surface area contributed by atoms with Gasteiger partial charge in [-0.25, -0.2) is 4.79 Å². The number of hydrogen-bond donors (Lipinski definition) is 0. The van der Waals surface area contributed by atoms with E-state index in [0.29, 0.717) is 30.7 Å². The van der Waals surface area contributed by atoms with E-state index in [0.717, 1.165) is 35.9 Å². The molecule has 3 aromatic heterocycles. The second-order valence-corrected chi connectivity index (χ2v) is 8.65. The first-order valence-electron chi connectivity index (χ1n) is 10.0. The maximum atomic E-state index is 12.2. The van der Waals surface area contributed by atoms with Crippen LogP contribution in [0.1, 0.15) is 39.4 Å². The van der Waals surface area contributed by atoms with E-state index >= 15 is 0 Å². The summed E-state index contributed by atoms with van der Waals surface area (Å²) in [5.41, 5.74) is 1.44. The molecule has 0 atom stereocenters. The fourth-order valence-corrected chi connectivity index (χ4v) is 3.72. The summed E-state index contributed by atoms with van der Waals surface area (Å²) in [6, 6.07) is 4.00. The standard InChI is InChI=1S/C21H27N5O3/c1-21(2,3)28-20(27)26-9-6-14(7-10-26)11-18-23-19(29-24-18)16-12-15-5-8-22-13-17(15)25(16)4/h5,8,12-14H,6-7,9-11H2,1-4H3. The van der Waals surface area contributed by atoms with Gasteiger partial charge in [-0.05, 0) is 51.7 Å². The number of amides is 1. The second-order valence-electron chi connectivity index (χ2n) is 8.65. The smallest absolute Gasteiger partial charge is 0.410 e. The number of aromatic nitrogens is 4. The maximum Gasteiger partial charge on any atom is 0.410 e. The van der Waals surface area contributed by atoms with E-state index in [4.69, 9.17) is 9.26 Å². The molecule has 0 saturated carbocycles. The van der Waals surface area contributed by atoms with Crippen molar-refractivity contribution in [1.82, 2.24) is 24.6 Å². The normalized spacial score (nSPS) is 15.8. The Morgan fingerprint density at radius 2 is 2.07 bits per heavy atom. The quantitative estimate of drug-likeness (QED) is 0.668. The topological polar surface area (TPSA) is 86.3 Å². The van der Waals surface area contributed by atoms with E-state index < -0.39 is 5.60 Å². The Morgan fingerprint density at radius 1 is 1.31 bits per heavy atom. The van der Waals surface area contributed by atoms with Crippen LogP contribution < -0.4 is 0 Å². The average Bonchev–Trinajstić information content (AvgIpc) is 3.26. The molecule has 0 bridgehead atoms. The number of hydrogen-bond acceptors (Lipinski definition) is 6. The van der Waals surface area contributed by atoms with Gasteiger partial charge in [-0.1, -0.05) is 5.16 Å². The zero-order valence-electron chi connectivity index (χ0n) is 17.4. The number of pyridine rings is 1. The Hall–Kier alpha value is -2.90. The van der Waals surface area contributed by atoms with Gasteiger partial charge in [0.1, 0.15) is 11.3 Å². The molecule has 0 unspecified atom stereocenters. The average molecular weight is 397 g/mol.